The average molecular weight is 426 g/mol. The number of hydrogen-bond donors (Lipinski definition) is 3. The first-order valence-corrected chi connectivity index (χ1v) is 12.1. The van der Waals surface area contributed by atoms with Crippen LogP contribution in [0, 0.1) is 6.92 Å². The van der Waals surface area contributed by atoms with Crippen molar-refractivity contribution in [2.75, 3.05) is 32.7 Å². The van der Waals surface area contributed by atoms with Crippen molar-refractivity contribution in [3.8, 4) is 0 Å². The van der Waals surface area contributed by atoms with Gasteiger partial charge in [-0.2, -0.15) is 0 Å². The van der Waals surface area contributed by atoms with Crippen molar-refractivity contribution in [1.82, 2.24) is 4.98 Å². The van der Waals surface area contributed by atoms with E-state index in [-0.39, 0.29) is 0 Å². The van der Waals surface area contributed by atoms with Crippen LogP contribution in [-0.2, 0) is 6.42 Å². The summed E-state index contributed by atoms with van der Waals surface area (Å²) in [6.07, 6.45) is 4.63. The fourth-order valence-corrected chi connectivity index (χ4v) is 5.40. The number of quaternary nitrogens is 2. The molecule has 0 bridgehead atoms. The molecular weight excluding hydrogens is 390 g/mol. The summed E-state index contributed by atoms with van der Waals surface area (Å²) in [6, 6.07) is 29.4. The minimum Gasteiger partial charge on any atom is -0.361 e. The summed E-state index contributed by atoms with van der Waals surface area (Å²) in [4.78, 5) is 6.90. The zero-order valence-electron chi connectivity index (χ0n) is 19.1. The van der Waals surface area contributed by atoms with E-state index in [4.69, 9.17) is 0 Å². The number of rotatable bonds is 7. The number of piperazine rings is 1. The number of aryl methyl sites for hydroxylation is 2. The van der Waals surface area contributed by atoms with Gasteiger partial charge >= 0.3 is 0 Å². The number of aromatic amines is 1. The molecule has 5 rings (SSSR count). The third-order valence-electron chi connectivity index (χ3n) is 7.20. The molecule has 1 unspecified atom stereocenters. The highest BCUT2D eigenvalue weighted by atomic mass is 15.3. The van der Waals surface area contributed by atoms with E-state index in [1.54, 1.807) is 9.80 Å². The third-order valence-corrected chi connectivity index (χ3v) is 7.20. The molecule has 4 aromatic rings. The molecule has 1 aliphatic rings. The van der Waals surface area contributed by atoms with Gasteiger partial charge in [0.1, 0.15) is 32.2 Å². The Hall–Kier alpha value is -2.88. The second-order valence-electron chi connectivity index (χ2n) is 9.38. The second kappa shape index (κ2) is 9.72. The van der Waals surface area contributed by atoms with Gasteiger partial charge in [0.25, 0.3) is 0 Å². The SMILES string of the molecule is Cc1ccc(C(c2ccccc2)[NH+]2CC[NH+](CCCc3c[nH]c4ccccc34)CC2)cc1. The first kappa shape index (κ1) is 21.0. The lowest BCUT2D eigenvalue weighted by molar-refractivity contribution is -1.02. The molecule has 0 aliphatic carbocycles. The number of H-pyrrole nitrogens is 1. The van der Waals surface area contributed by atoms with Crippen LogP contribution in [0.15, 0.2) is 85.1 Å². The van der Waals surface area contributed by atoms with Gasteiger partial charge in [-0.15, -0.1) is 0 Å². The summed E-state index contributed by atoms with van der Waals surface area (Å²) in [7, 11) is 0. The number of fused-ring (bicyclic) bond motifs is 1. The predicted octanol–water partition coefficient (Wildman–Crippen LogP) is 2.98. The molecule has 3 N–H and O–H groups in total. The van der Waals surface area contributed by atoms with Crippen LogP contribution in [0.5, 0.6) is 0 Å². The molecule has 0 saturated carbocycles. The van der Waals surface area contributed by atoms with Crippen molar-refractivity contribution in [2.24, 2.45) is 0 Å². The van der Waals surface area contributed by atoms with Crippen molar-refractivity contribution < 1.29 is 9.80 Å². The molecule has 2 heterocycles. The highest BCUT2D eigenvalue weighted by Gasteiger charge is 2.31. The van der Waals surface area contributed by atoms with Crippen LogP contribution in [0.2, 0.25) is 0 Å². The number of para-hydroxylation sites is 1. The van der Waals surface area contributed by atoms with Gasteiger partial charge in [-0.3, -0.25) is 0 Å². The first-order valence-electron chi connectivity index (χ1n) is 12.1. The van der Waals surface area contributed by atoms with Crippen LogP contribution < -0.4 is 9.80 Å². The maximum atomic E-state index is 3.42. The largest absolute Gasteiger partial charge is 0.361 e. The Balaban J connectivity index is 1.20. The minimum atomic E-state index is 0.435. The Kier molecular flexibility index (Phi) is 6.38. The second-order valence-corrected chi connectivity index (χ2v) is 9.38. The lowest BCUT2D eigenvalue weighted by Crippen LogP contribution is -3.28. The van der Waals surface area contributed by atoms with Crippen molar-refractivity contribution in [3.05, 3.63) is 107 Å². The van der Waals surface area contributed by atoms with E-state index in [2.05, 4.69) is 97.0 Å². The van der Waals surface area contributed by atoms with Crippen LogP contribution in [0.1, 0.15) is 34.7 Å². The average Bonchev–Trinajstić information content (AvgIpc) is 3.25. The molecular formula is C29H35N3+2. The van der Waals surface area contributed by atoms with E-state index in [0.29, 0.717) is 6.04 Å². The summed E-state index contributed by atoms with van der Waals surface area (Å²) in [5, 5.41) is 1.39. The predicted molar refractivity (Wildman–Crippen MR) is 132 cm³/mol. The molecule has 1 atom stereocenters. The molecule has 1 fully saturated rings. The number of aromatic nitrogens is 1. The zero-order valence-corrected chi connectivity index (χ0v) is 19.1. The molecule has 1 saturated heterocycles. The molecule has 32 heavy (non-hydrogen) atoms. The molecule has 1 aliphatic heterocycles. The van der Waals surface area contributed by atoms with Gasteiger partial charge in [0.05, 0.1) is 6.54 Å². The normalized spacial score (nSPS) is 19.8. The molecule has 0 radical (unpaired) electrons. The van der Waals surface area contributed by atoms with Crippen molar-refractivity contribution >= 4 is 10.9 Å². The van der Waals surface area contributed by atoms with Crippen LogP contribution in [-0.4, -0.2) is 37.7 Å². The summed E-state index contributed by atoms with van der Waals surface area (Å²) in [6.45, 7) is 8.43. The van der Waals surface area contributed by atoms with E-state index in [1.807, 2.05) is 0 Å². The number of hydrogen-bond acceptors (Lipinski definition) is 0. The van der Waals surface area contributed by atoms with Gasteiger partial charge in [0.15, 0.2) is 0 Å². The lowest BCUT2D eigenvalue weighted by atomic mass is 9.95. The molecule has 0 spiro atoms. The summed E-state index contributed by atoms with van der Waals surface area (Å²) in [5.41, 5.74) is 6.94. The van der Waals surface area contributed by atoms with Crippen LogP contribution in [0.25, 0.3) is 10.9 Å². The number of benzene rings is 3. The third kappa shape index (κ3) is 4.64. The maximum absolute atomic E-state index is 3.42. The Morgan fingerprint density at radius 1 is 0.781 bits per heavy atom. The van der Waals surface area contributed by atoms with Gasteiger partial charge in [-0.25, -0.2) is 0 Å². The van der Waals surface area contributed by atoms with E-state index < -0.39 is 0 Å². The lowest BCUT2D eigenvalue weighted by Gasteiger charge is -2.35. The van der Waals surface area contributed by atoms with Gasteiger partial charge in [0.2, 0.25) is 0 Å². The van der Waals surface area contributed by atoms with Crippen LogP contribution in [0.4, 0.5) is 0 Å². The zero-order chi connectivity index (χ0) is 21.8. The summed E-state index contributed by atoms with van der Waals surface area (Å²) >= 11 is 0. The summed E-state index contributed by atoms with van der Waals surface area (Å²) < 4.78 is 0. The quantitative estimate of drug-likeness (QED) is 0.406. The molecule has 3 aromatic carbocycles. The fraction of sp³-hybridized carbons (Fsp3) is 0.310. The molecule has 0 amide bonds. The van der Waals surface area contributed by atoms with Crippen LogP contribution >= 0.6 is 0 Å². The van der Waals surface area contributed by atoms with Gasteiger partial charge in [-0.05, 0) is 25.0 Å². The van der Waals surface area contributed by atoms with Gasteiger partial charge in [-0.1, -0.05) is 78.4 Å². The Labute approximate surface area is 191 Å². The monoisotopic (exact) mass is 425 g/mol. The summed E-state index contributed by atoms with van der Waals surface area (Å²) in [5.74, 6) is 0. The smallest absolute Gasteiger partial charge is 0.139 e. The van der Waals surface area contributed by atoms with Crippen molar-refractivity contribution in [1.29, 1.82) is 0 Å². The maximum Gasteiger partial charge on any atom is 0.139 e. The molecule has 3 nitrogen and oxygen atoms in total. The minimum absolute atomic E-state index is 0.435. The molecule has 1 aromatic heterocycles. The van der Waals surface area contributed by atoms with Gasteiger partial charge < -0.3 is 14.8 Å². The fourth-order valence-electron chi connectivity index (χ4n) is 5.40. The van der Waals surface area contributed by atoms with E-state index in [9.17, 15) is 0 Å². The highest BCUT2D eigenvalue weighted by Crippen LogP contribution is 2.20. The molecule has 3 heteroatoms. The Morgan fingerprint density at radius 2 is 1.47 bits per heavy atom. The standard InChI is InChI=1S/C29H33N3/c1-23-13-15-25(16-14-23)29(24-8-3-2-4-9-24)32-20-18-31(19-21-32)17-7-10-26-22-30-28-12-6-5-11-27(26)28/h2-6,8-9,11-16,22,29-30H,7,10,17-21H2,1H3/p+2. The van der Waals surface area contributed by atoms with Crippen molar-refractivity contribution in [3.63, 3.8) is 0 Å². The van der Waals surface area contributed by atoms with E-state index >= 15 is 0 Å². The topological polar surface area (TPSA) is 24.7 Å². The van der Waals surface area contributed by atoms with E-state index in [0.717, 1.165) is 0 Å². The van der Waals surface area contributed by atoms with E-state index in [1.165, 1.54) is 78.7 Å². The first-order chi connectivity index (χ1) is 15.8. The van der Waals surface area contributed by atoms with Gasteiger partial charge in [0, 0.05) is 34.6 Å². The van der Waals surface area contributed by atoms with Crippen molar-refractivity contribution in [2.45, 2.75) is 25.8 Å². The number of nitrogens with one attached hydrogen (secondary N) is 3. The van der Waals surface area contributed by atoms with Crippen LogP contribution in [0.3, 0.4) is 0 Å². The molecule has 164 valence electrons. The Morgan fingerprint density at radius 3 is 2.25 bits per heavy atom. The Bertz CT molecular complexity index is 1120. The highest BCUT2D eigenvalue weighted by molar-refractivity contribution is 5.82.